The first-order valence-electron chi connectivity index (χ1n) is 5.77. The van der Waals surface area contributed by atoms with Crippen LogP contribution < -0.4 is 0 Å². The summed E-state index contributed by atoms with van der Waals surface area (Å²) in [5, 5.41) is 0. The Bertz CT molecular complexity index is 436. The lowest BCUT2D eigenvalue weighted by Crippen LogP contribution is -1.87. The average molecular weight is 354 g/mol. The fraction of sp³-hybridized carbons (Fsp3) is 0.200. The maximum Gasteiger partial charge on any atom is 0.0131 e. The molecule has 0 nitrogen and oxygen atoms in total. The number of hydrogen-bond donors (Lipinski definition) is 0. The van der Waals surface area contributed by atoms with Crippen molar-refractivity contribution in [1.82, 2.24) is 0 Å². The number of benzene rings is 2. The van der Waals surface area contributed by atoms with E-state index in [1.165, 1.54) is 32.6 Å². The molecule has 0 aliphatic rings. The molecule has 0 amide bonds. The quantitative estimate of drug-likeness (QED) is 0.413. The molecule has 0 aromatic heterocycles. The van der Waals surface area contributed by atoms with Crippen LogP contribution >= 0.6 is 34.4 Å². The molecular formula is C15H15IS. The van der Waals surface area contributed by atoms with Crippen molar-refractivity contribution in [2.24, 2.45) is 0 Å². The Morgan fingerprint density at radius 2 is 1.59 bits per heavy atom. The van der Waals surface area contributed by atoms with Gasteiger partial charge in [-0.1, -0.05) is 30.3 Å². The first-order valence-corrected chi connectivity index (χ1v) is 7.83. The molecule has 2 aromatic rings. The van der Waals surface area contributed by atoms with Gasteiger partial charge in [0.2, 0.25) is 0 Å². The van der Waals surface area contributed by atoms with Crippen LogP contribution in [0, 0.1) is 3.57 Å². The molecular weight excluding hydrogens is 339 g/mol. The van der Waals surface area contributed by atoms with Gasteiger partial charge in [0, 0.05) is 8.47 Å². The zero-order valence-electron chi connectivity index (χ0n) is 9.60. The molecule has 0 bridgehead atoms. The Morgan fingerprint density at radius 3 is 2.29 bits per heavy atom. The summed E-state index contributed by atoms with van der Waals surface area (Å²) in [5.41, 5.74) is 1.44. The van der Waals surface area contributed by atoms with Crippen LogP contribution in [-0.4, -0.2) is 5.75 Å². The lowest BCUT2D eigenvalue weighted by atomic mass is 10.1. The minimum Gasteiger partial charge on any atom is -0.126 e. The van der Waals surface area contributed by atoms with Gasteiger partial charge in [-0.3, -0.25) is 0 Å². The van der Waals surface area contributed by atoms with Gasteiger partial charge in [-0.25, -0.2) is 0 Å². The predicted molar refractivity (Wildman–Crippen MR) is 84.6 cm³/mol. The molecule has 0 radical (unpaired) electrons. The largest absolute Gasteiger partial charge is 0.126 e. The second kappa shape index (κ2) is 7.07. The highest BCUT2D eigenvalue weighted by Gasteiger charge is 1.95. The molecule has 0 aliphatic carbocycles. The fourth-order valence-corrected chi connectivity index (χ4v) is 2.85. The van der Waals surface area contributed by atoms with Crippen LogP contribution in [0.25, 0.3) is 0 Å². The second-order valence-electron chi connectivity index (χ2n) is 3.89. The maximum absolute atomic E-state index is 2.34. The zero-order chi connectivity index (χ0) is 11.9. The molecule has 0 unspecified atom stereocenters. The Kier molecular flexibility index (Phi) is 5.39. The lowest BCUT2D eigenvalue weighted by Gasteiger charge is -2.02. The molecule has 0 saturated carbocycles. The standard InChI is InChI=1S/C15H15IS/c16-14-8-10-15(11-9-14)17-12-4-7-13-5-2-1-3-6-13/h1-3,5-6,8-11H,4,7,12H2. The van der Waals surface area contributed by atoms with Crippen molar-refractivity contribution in [3.05, 3.63) is 63.7 Å². The third-order valence-corrected chi connectivity index (χ3v) is 4.35. The van der Waals surface area contributed by atoms with Gasteiger partial charge in [-0.15, -0.1) is 11.8 Å². The summed E-state index contributed by atoms with van der Waals surface area (Å²) < 4.78 is 1.30. The Morgan fingerprint density at radius 1 is 0.882 bits per heavy atom. The molecule has 2 rings (SSSR count). The van der Waals surface area contributed by atoms with E-state index in [0.29, 0.717) is 0 Å². The Labute approximate surface area is 121 Å². The molecule has 0 saturated heterocycles. The van der Waals surface area contributed by atoms with Gasteiger partial charge in [0.15, 0.2) is 0 Å². The van der Waals surface area contributed by atoms with E-state index in [4.69, 9.17) is 0 Å². The van der Waals surface area contributed by atoms with Gasteiger partial charge in [0.25, 0.3) is 0 Å². The van der Waals surface area contributed by atoms with Crippen molar-refractivity contribution in [3.63, 3.8) is 0 Å². The van der Waals surface area contributed by atoms with Crippen LogP contribution in [0.15, 0.2) is 59.5 Å². The first-order chi connectivity index (χ1) is 8.34. The molecule has 0 spiro atoms. The third-order valence-electron chi connectivity index (χ3n) is 2.53. The van der Waals surface area contributed by atoms with Gasteiger partial charge in [-0.05, 0) is 71.0 Å². The van der Waals surface area contributed by atoms with Crippen molar-refractivity contribution in [1.29, 1.82) is 0 Å². The fourth-order valence-electron chi connectivity index (χ4n) is 1.64. The first kappa shape index (κ1) is 13.0. The van der Waals surface area contributed by atoms with Crippen LogP contribution in [0.3, 0.4) is 0 Å². The van der Waals surface area contributed by atoms with Gasteiger partial charge in [0.05, 0.1) is 0 Å². The van der Waals surface area contributed by atoms with Crippen LogP contribution in [0.5, 0.6) is 0 Å². The van der Waals surface area contributed by atoms with E-state index in [2.05, 4.69) is 77.2 Å². The smallest absolute Gasteiger partial charge is 0.0131 e. The van der Waals surface area contributed by atoms with Crippen molar-refractivity contribution in [2.75, 3.05) is 5.75 Å². The van der Waals surface area contributed by atoms with E-state index < -0.39 is 0 Å². The minimum atomic E-state index is 1.18. The molecule has 0 aliphatic heterocycles. The average Bonchev–Trinajstić information content (AvgIpc) is 2.38. The topological polar surface area (TPSA) is 0 Å². The SMILES string of the molecule is Ic1ccc(SCCCc2ccccc2)cc1. The molecule has 0 N–H and O–H groups in total. The zero-order valence-corrected chi connectivity index (χ0v) is 12.6. The summed E-state index contributed by atoms with van der Waals surface area (Å²) >= 11 is 4.29. The predicted octanol–water partition coefficient (Wildman–Crippen LogP) is 5.02. The summed E-state index contributed by atoms with van der Waals surface area (Å²) in [5.74, 6) is 1.19. The highest BCUT2D eigenvalue weighted by molar-refractivity contribution is 14.1. The highest BCUT2D eigenvalue weighted by atomic mass is 127. The maximum atomic E-state index is 2.34. The number of thioether (sulfide) groups is 1. The van der Waals surface area contributed by atoms with E-state index in [1.807, 2.05) is 11.8 Å². The summed E-state index contributed by atoms with van der Waals surface area (Å²) in [6, 6.07) is 19.4. The van der Waals surface area contributed by atoms with Gasteiger partial charge < -0.3 is 0 Å². The van der Waals surface area contributed by atoms with Crippen molar-refractivity contribution in [3.8, 4) is 0 Å². The minimum absolute atomic E-state index is 1.18. The third kappa shape index (κ3) is 4.72. The molecule has 0 atom stereocenters. The van der Waals surface area contributed by atoms with Gasteiger partial charge >= 0.3 is 0 Å². The number of rotatable bonds is 5. The van der Waals surface area contributed by atoms with Gasteiger partial charge in [0.1, 0.15) is 0 Å². The van der Waals surface area contributed by atoms with E-state index in [1.54, 1.807) is 0 Å². The van der Waals surface area contributed by atoms with Crippen LogP contribution in [-0.2, 0) is 6.42 Å². The molecule has 2 heteroatoms. The number of aryl methyl sites for hydroxylation is 1. The highest BCUT2D eigenvalue weighted by Crippen LogP contribution is 2.20. The van der Waals surface area contributed by atoms with Crippen molar-refractivity contribution < 1.29 is 0 Å². The molecule has 2 aromatic carbocycles. The van der Waals surface area contributed by atoms with E-state index in [0.717, 1.165) is 0 Å². The lowest BCUT2D eigenvalue weighted by molar-refractivity contribution is 0.933. The monoisotopic (exact) mass is 354 g/mol. The Hall–Kier alpha value is -0.480. The van der Waals surface area contributed by atoms with E-state index in [9.17, 15) is 0 Å². The van der Waals surface area contributed by atoms with Crippen LogP contribution in [0.1, 0.15) is 12.0 Å². The Balaban J connectivity index is 1.71. The van der Waals surface area contributed by atoms with Crippen molar-refractivity contribution in [2.45, 2.75) is 17.7 Å². The summed E-state index contributed by atoms with van der Waals surface area (Å²) in [6.45, 7) is 0. The summed E-state index contributed by atoms with van der Waals surface area (Å²) in [6.07, 6.45) is 2.42. The molecule has 0 fully saturated rings. The molecule has 17 heavy (non-hydrogen) atoms. The number of hydrogen-bond acceptors (Lipinski definition) is 1. The summed E-state index contributed by atoms with van der Waals surface area (Å²) in [4.78, 5) is 1.37. The van der Waals surface area contributed by atoms with Crippen LogP contribution in [0.4, 0.5) is 0 Å². The number of halogens is 1. The van der Waals surface area contributed by atoms with E-state index in [-0.39, 0.29) is 0 Å². The van der Waals surface area contributed by atoms with E-state index >= 15 is 0 Å². The van der Waals surface area contributed by atoms with Crippen molar-refractivity contribution >= 4 is 34.4 Å². The van der Waals surface area contributed by atoms with Crippen LogP contribution in [0.2, 0.25) is 0 Å². The summed E-state index contributed by atoms with van der Waals surface area (Å²) in [7, 11) is 0. The molecule has 0 heterocycles. The normalized spacial score (nSPS) is 10.4. The second-order valence-corrected chi connectivity index (χ2v) is 6.31. The molecule has 88 valence electrons. The van der Waals surface area contributed by atoms with Gasteiger partial charge in [-0.2, -0.15) is 0 Å².